The summed E-state index contributed by atoms with van der Waals surface area (Å²) in [6.07, 6.45) is 4.14. The highest BCUT2D eigenvalue weighted by Gasteiger charge is 2.26. The predicted octanol–water partition coefficient (Wildman–Crippen LogP) is 0.293. The summed E-state index contributed by atoms with van der Waals surface area (Å²) < 4.78 is 0. The zero-order chi connectivity index (χ0) is 10.6. The van der Waals surface area contributed by atoms with Crippen LogP contribution in [0.1, 0.15) is 32.1 Å². The molecule has 1 aliphatic carbocycles. The van der Waals surface area contributed by atoms with Crippen molar-refractivity contribution in [3.63, 3.8) is 0 Å². The molecule has 1 fully saturated rings. The number of aliphatic imine (C=N–C) groups is 1. The normalized spacial score (nSPS) is 26.9. The Labute approximate surface area is 83.2 Å². The molecule has 0 bridgehead atoms. The van der Waals surface area contributed by atoms with Crippen LogP contribution in [0.15, 0.2) is 4.99 Å². The smallest absolute Gasteiger partial charge is 0.303 e. The van der Waals surface area contributed by atoms with E-state index >= 15 is 0 Å². The summed E-state index contributed by atoms with van der Waals surface area (Å²) in [5.74, 6) is -0.608. The second-order valence-corrected chi connectivity index (χ2v) is 3.76. The molecule has 5 nitrogen and oxygen atoms in total. The molecule has 0 saturated heterocycles. The van der Waals surface area contributed by atoms with E-state index in [4.69, 9.17) is 16.6 Å². The Bertz CT molecular complexity index is 236. The molecule has 0 radical (unpaired) electrons. The lowest BCUT2D eigenvalue weighted by molar-refractivity contribution is -0.138. The number of guanidine groups is 1. The molecule has 1 saturated carbocycles. The highest BCUT2D eigenvalue weighted by atomic mass is 16.4. The van der Waals surface area contributed by atoms with Gasteiger partial charge in [-0.1, -0.05) is 12.8 Å². The summed E-state index contributed by atoms with van der Waals surface area (Å²) in [6, 6.07) is 0.00449. The van der Waals surface area contributed by atoms with Gasteiger partial charge in [0.2, 0.25) is 0 Å². The lowest BCUT2D eigenvalue weighted by Gasteiger charge is -2.27. The number of rotatable bonds is 3. The number of hydrogen-bond acceptors (Lipinski definition) is 2. The van der Waals surface area contributed by atoms with Crippen LogP contribution in [0.25, 0.3) is 0 Å². The zero-order valence-corrected chi connectivity index (χ0v) is 8.15. The first-order valence-corrected chi connectivity index (χ1v) is 4.90. The Balaban J connectivity index is 2.59. The first-order valence-electron chi connectivity index (χ1n) is 4.90. The van der Waals surface area contributed by atoms with Gasteiger partial charge < -0.3 is 16.6 Å². The van der Waals surface area contributed by atoms with Gasteiger partial charge in [-0.2, -0.15) is 0 Å². The highest BCUT2D eigenvalue weighted by Crippen LogP contribution is 2.29. The van der Waals surface area contributed by atoms with Crippen LogP contribution < -0.4 is 11.5 Å². The first-order chi connectivity index (χ1) is 6.59. The summed E-state index contributed by atoms with van der Waals surface area (Å²) in [4.78, 5) is 14.7. The second-order valence-electron chi connectivity index (χ2n) is 3.76. The van der Waals surface area contributed by atoms with E-state index in [9.17, 15) is 4.79 Å². The third-order valence-corrected chi connectivity index (χ3v) is 2.62. The first kappa shape index (κ1) is 10.8. The lowest BCUT2D eigenvalue weighted by atomic mass is 9.83. The molecule has 0 aromatic rings. The molecule has 80 valence electrons. The molecular weight excluding hydrogens is 182 g/mol. The molecule has 1 aliphatic rings. The van der Waals surface area contributed by atoms with Crippen LogP contribution in [0.2, 0.25) is 0 Å². The quantitative estimate of drug-likeness (QED) is 0.449. The average Bonchev–Trinajstić information content (AvgIpc) is 2.06. The number of aliphatic carboxylic acids is 1. The summed E-state index contributed by atoms with van der Waals surface area (Å²) in [5, 5.41) is 8.71. The second kappa shape index (κ2) is 4.83. The molecule has 0 aromatic carbocycles. The van der Waals surface area contributed by atoms with Gasteiger partial charge in [-0.3, -0.25) is 9.79 Å². The van der Waals surface area contributed by atoms with Gasteiger partial charge in [-0.05, 0) is 18.8 Å². The monoisotopic (exact) mass is 199 g/mol. The van der Waals surface area contributed by atoms with Crippen LogP contribution in [0.3, 0.4) is 0 Å². The minimum atomic E-state index is -0.771. The average molecular weight is 199 g/mol. The Morgan fingerprint density at radius 3 is 2.57 bits per heavy atom. The van der Waals surface area contributed by atoms with Crippen molar-refractivity contribution < 1.29 is 9.90 Å². The van der Waals surface area contributed by atoms with Gasteiger partial charge >= 0.3 is 5.97 Å². The van der Waals surface area contributed by atoms with E-state index in [0.717, 1.165) is 25.7 Å². The Morgan fingerprint density at radius 2 is 2.00 bits per heavy atom. The van der Waals surface area contributed by atoms with Crippen molar-refractivity contribution in [2.45, 2.75) is 38.1 Å². The molecule has 0 aliphatic heterocycles. The van der Waals surface area contributed by atoms with Crippen molar-refractivity contribution in [1.29, 1.82) is 0 Å². The number of nitrogens with two attached hydrogens (primary N) is 2. The summed E-state index contributed by atoms with van der Waals surface area (Å²) in [6.45, 7) is 0. The molecule has 5 N–H and O–H groups in total. The fourth-order valence-corrected chi connectivity index (χ4v) is 2.01. The number of hydrogen-bond donors (Lipinski definition) is 3. The van der Waals surface area contributed by atoms with Gasteiger partial charge in [0.15, 0.2) is 5.96 Å². The summed E-state index contributed by atoms with van der Waals surface area (Å²) >= 11 is 0. The van der Waals surface area contributed by atoms with Crippen molar-refractivity contribution in [2.75, 3.05) is 0 Å². The minimum Gasteiger partial charge on any atom is -0.481 e. The molecule has 0 amide bonds. The van der Waals surface area contributed by atoms with E-state index in [1.165, 1.54) is 0 Å². The van der Waals surface area contributed by atoms with Crippen LogP contribution in [0.4, 0.5) is 0 Å². The van der Waals surface area contributed by atoms with E-state index in [0.29, 0.717) is 0 Å². The maximum Gasteiger partial charge on any atom is 0.303 e. The van der Waals surface area contributed by atoms with E-state index < -0.39 is 5.97 Å². The number of carboxylic acid groups (broad SMARTS) is 1. The van der Waals surface area contributed by atoms with Gasteiger partial charge in [0.05, 0.1) is 12.5 Å². The van der Waals surface area contributed by atoms with Crippen LogP contribution >= 0.6 is 0 Å². The fraction of sp³-hybridized carbons (Fsp3) is 0.778. The Hall–Kier alpha value is -1.26. The van der Waals surface area contributed by atoms with Crippen molar-refractivity contribution in [1.82, 2.24) is 0 Å². The SMILES string of the molecule is NC(N)=N[C@H]1CCCC[C@@H]1CC(=O)O. The molecule has 0 heterocycles. The maximum absolute atomic E-state index is 10.6. The van der Waals surface area contributed by atoms with Gasteiger partial charge in [0, 0.05) is 0 Å². The largest absolute Gasteiger partial charge is 0.481 e. The van der Waals surface area contributed by atoms with Crippen LogP contribution in [0, 0.1) is 5.92 Å². The van der Waals surface area contributed by atoms with Gasteiger partial charge in [0.1, 0.15) is 0 Å². The number of carbonyl (C=O) groups is 1. The highest BCUT2D eigenvalue weighted by molar-refractivity contribution is 5.76. The fourth-order valence-electron chi connectivity index (χ4n) is 2.01. The third-order valence-electron chi connectivity index (χ3n) is 2.62. The third kappa shape index (κ3) is 3.24. The minimum absolute atomic E-state index is 0.00449. The Kier molecular flexibility index (Phi) is 3.73. The molecule has 0 spiro atoms. The summed E-state index contributed by atoms with van der Waals surface area (Å²) in [5.41, 5.74) is 10.6. The van der Waals surface area contributed by atoms with Crippen LogP contribution in [0.5, 0.6) is 0 Å². The lowest BCUT2D eigenvalue weighted by Crippen LogP contribution is -2.31. The molecular formula is C9H17N3O2. The topological polar surface area (TPSA) is 102 Å². The van der Waals surface area contributed by atoms with Crippen molar-refractivity contribution in [2.24, 2.45) is 22.4 Å². The maximum atomic E-state index is 10.6. The standard InChI is InChI=1S/C9H17N3O2/c10-9(11)12-7-4-2-1-3-6(7)5-8(13)14/h6-7H,1-5H2,(H,13,14)(H4,10,11,12)/t6-,7+/m1/s1. The van der Waals surface area contributed by atoms with E-state index in [-0.39, 0.29) is 24.3 Å². The van der Waals surface area contributed by atoms with Crippen molar-refractivity contribution >= 4 is 11.9 Å². The van der Waals surface area contributed by atoms with Gasteiger partial charge in [-0.15, -0.1) is 0 Å². The molecule has 1 rings (SSSR count). The van der Waals surface area contributed by atoms with Crippen LogP contribution in [-0.4, -0.2) is 23.1 Å². The number of nitrogens with zero attached hydrogens (tertiary/aromatic N) is 1. The van der Waals surface area contributed by atoms with E-state index in [2.05, 4.69) is 4.99 Å². The van der Waals surface area contributed by atoms with Crippen LogP contribution in [-0.2, 0) is 4.79 Å². The molecule has 0 aromatic heterocycles. The molecule has 14 heavy (non-hydrogen) atoms. The Morgan fingerprint density at radius 1 is 1.36 bits per heavy atom. The summed E-state index contributed by atoms with van der Waals surface area (Å²) in [7, 11) is 0. The molecule has 5 heteroatoms. The van der Waals surface area contributed by atoms with E-state index in [1.54, 1.807) is 0 Å². The van der Waals surface area contributed by atoms with Gasteiger partial charge in [0.25, 0.3) is 0 Å². The molecule has 0 unspecified atom stereocenters. The van der Waals surface area contributed by atoms with Gasteiger partial charge in [-0.25, -0.2) is 0 Å². The number of carboxylic acids is 1. The van der Waals surface area contributed by atoms with Crippen molar-refractivity contribution in [3.8, 4) is 0 Å². The molecule has 2 atom stereocenters. The zero-order valence-electron chi connectivity index (χ0n) is 8.15. The van der Waals surface area contributed by atoms with E-state index in [1.807, 2.05) is 0 Å². The van der Waals surface area contributed by atoms with Crippen molar-refractivity contribution in [3.05, 3.63) is 0 Å². The predicted molar refractivity (Wildman–Crippen MR) is 53.8 cm³/mol.